The Hall–Kier alpha value is -0.280. The summed E-state index contributed by atoms with van der Waals surface area (Å²) in [5.74, 6) is 0. The Morgan fingerprint density at radius 2 is 0.960 bits per heavy atom. The molecule has 0 atom stereocenters. The van der Waals surface area contributed by atoms with Crippen molar-refractivity contribution in [3.05, 3.63) is 0 Å². The zero-order chi connectivity index (χ0) is 19.8. The monoisotopic (exact) mass is 370 g/mol. The van der Waals surface area contributed by atoms with Crippen molar-refractivity contribution < 1.29 is 34.3 Å². The lowest BCUT2D eigenvalue weighted by molar-refractivity contribution is 0.0300. The number of ether oxygens (including phenoxy) is 4. The summed E-state index contributed by atoms with van der Waals surface area (Å²) in [5.41, 5.74) is 0. The maximum absolute atomic E-state index is 8.34. The second kappa shape index (κ2) is 28.5. The molecule has 0 fully saturated rings. The average molecular weight is 371 g/mol. The van der Waals surface area contributed by atoms with Gasteiger partial charge in [0.2, 0.25) is 0 Å². The molecule has 0 aromatic carbocycles. The lowest BCUT2D eigenvalue weighted by Crippen LogP contribution is -2.09. The second-order valence-corrected chi connectivity index (χ2v) is 5.60. The maximum atomic E-state index is 8.34. The summed E-state index contributed by atoms with van der Waals surface area (Å²) in [7, 11) is 0. The number of hydrogen-bond acceptors (Lipinski definition) is 7. The van der Waals surface area contributed by atoms with Crippen LogP contribution in [0.5, 0.6) is 0 Å². The number of aliphatic hydroxyl groups excluding tert-OH is 3. The van der Waals surface area contributed by atoms with Crippen LogP contribution in [0.3, 0.4) is 0 Å². The Bertz CT molecular complexity index is 184. The van der Waals surface area contributed by atoms with Crippen molar-refractivity contribution in [1.82, 2.24) is 0 Å². The van der Waals surface area contributed by atoms with Crippen molar-refractivity contribution in [1.29, 1.82) is 0 Å². The molecular formula is C18H42O7. The Labute approximate surface area is 154 Å². The second-order valence-electron chi connectivity index (χ2n) is 5.60. The molecule has 0 heterocycles. The van der Waals surface area contributed by atoms with E-state index in [0.717, 1.165) is 19.4 Å². The Morgan fingerprint density at radius 3 is 1.24 bits per heavy atom. The fourth-order valence-corrected chi connectivity index (χ4v) is 1.41. The predicted octanol–water partition coefficient (Wildman–Crippen LogP) is 1.62. The summed E-state index contributed by atoms with van der Waals surface area (Å²) in [6.45, 7) is 13.5. The molecule has 156 valence electrons. The van der Waals surface area contributed by atoms with E-state index in [4.69, 9.17) is 29.5 Å². The number of hydrogen-bond donors (Lipinski definition) is 3. The highest BCUT2D eigenvalue weighted by atomic mass is 16.5. The highest BCUT2D eigenvalue weighted by Crippen LogP contribution is 1.93. The zero-order valence-corrected chi connectivity index (χ0v) is 16.9. The standard InChI is InChI=1S/C8H18O3.C6H14O.C4H10O3/c1-2-3-5-10-7-8-11-6-4-9;1-5(2)7-6(3)4;5-1-3-7-4-2-6/h9H,2-8H2,1H3;5-6H,1-4H3;5-6H,1-4H2. The molecule has 0 unspecified atom stereocenters. The fourth-order valence-electron chi connectivity index (χ4n) is 1.41. The van der Waals surface area contributed by atoms with E-state index in [1.807, 2.05) is 27.7 Å². The van der Waals surface area contributed by atoms with Crippen LogP contribution in [0.15, 0.2) is 0 Å². The average Bonchev–Trinajstić information content (AvgIpc) is 2.54. The van der Waals surface area contributed by atoms with Gasteiger partial charge in [-0.25, -0.2) is 0 Å². The van der Waals surface area contributed by atoms with E-state index in [0.29, 0.717) is 45.2 Å². The topological polar surface area (TPSA) is 97.6 Å². The molecule has 25 heavy (non-hydrogen) atoms. The third kappa shape index (κ3) is 45.3. The summed E-state index contributed by atoms with van der Waals surface area (Å²) >= 11 is 0. The first-order valence-corrected chi connectivity index (χ1v) is 9.17. The van der Waals surface area contributed by atoms with Crippen molar-refractivity contribution in [3.8, 4) is 0 Å². The molecular weight excluding hydrogens is 328 g/mol. The van der Waals surface area contributed by atoms with Gasteiger partial charge in [-0.3, -0.25) is 0 Å². The molecule has 0 radical (unpaired) electrons. The third-order valence-corrected chi connectivity index (χ3v) is 2.27. The van der Waals surface area contributed by atoms with Gasteiger partial charge in [0.15, 0.2) is 0 Å². The van der Waals surface area contributed by atoms with Crippen LogP contribution in [0, 0.1) is 0 Å². The SMILES string of the molecule is CC(C)OC(C)C.CCCCOCCOCCO.OCCOCCO. The van der Waals surface area contributed by atoms with Crippen LogP contribution < -0.4 is 0 Å². The summed E-state index contributed by atoms with van der Waals surface area (Å²) in [6, 6.07) is 0. The molecule has 0 aromatic heterocycles. The normalized spacial score (nSPS) is 10.3. The van der Waals surface area contributed by atoms with Gasteiger partial charge in [0.05, 0.1) is 65.1 Å². The van der Waals surface area contributed by atoms with Crippen molar-refractivity contribution in [2.45, 2.75) is 59.7 Å². The van der Waals surface area contributed by atoms with Gasteiger partial charge < -0.3 is 34.3 Å². The van der Waals surface area contributed by atoms with Crippen LogP contribution in [-0.2, 0) is 18.9 Å². The van der Waals surface area contributed by atoms with Crippen molar-refractivity contribution in [2.24, 2.45) is 0 Å². The zero-order valence-electron chi connectivity index (χ0n) is 16.9. The van der Waals surface area contributed by atoms with Crippen LogP contribution in [0.1, 0.15) is 47.5 Å². The quantitative estimate of drug-likeness (QED) is 0.400. The first kappa shape index (κ1) is 29.5. The molecule has 0 spiro atoms. The summed E-state index contributed by atoms with van der Waals surface area (Å²) in [4.78, 5) is 0. The molecule has 0 saturated carbocycles. The highest BCUT2D eigenvalue weighted by molar-refractivity contribution is 4.40. The molecule has 0 bridgehead atoms. The van der Waals surface area contributed by atoms with Crippen LogP contribution in [-0.4, -0.2) is 87.0 Å². The Balaban J connectivity index is -0.000000304. The van der Waals surface area contributed by atoms with Gasteiger partial charge in [0.1, 0.15) is 0 Å². The van der Waals surface area contributed by atoms with E-state index in [1.54, 1.807) is 0 Å². The lowest BCUT2D eigenvalue weighted by Gasteiger charge is -2.09. The highest BCUT2D eigenvalue weighted by Gasteiger charge is 1.94. The minimum absolute atomic E-state index is 0.0278. The minimum Gasteiger partial charge on any atom is -0.394 e. The molecule has 0 rings (SSSR count). The molecule has 3 N–H and O–H groups in total. The van der Waals surface area contributed by atoms with Gasteiger partial charge in [-0.1, -0.05) is 13.3 Å². The van der Waals surface area contributed by atoms with Crippen LogP contribution in [0.4, 0.5) is 0 Å². The van der Waals surface area contributed by atoms with Crippen LogP contribution >= 0.6 is 0 Å². The number of aliphatic hydroxyl groups is 3. The number of unbranched alkanes of at least 4 members (excludes halogenated alkanes) is 1. The summed E-state index contributed by atoms with van der Waals surface area (Å²) < 4.78 is 20.1. The fraction of sp³-hybridized carbons (Fsp3) is 1.00. The van der Waals surface area contributed by atoms with Gasteiger partial charge in [-0.05, 0) is 34.1 Å². The lowest BCUT2D eigenvalue weighted by atomic mass is 10.4. The van der Waals surface area contributed by atoms with Crippen molar-refractivity contribution in [2.75, 3.05) is 59.5 Å². The van der Waals surface area contributed by atoms with E-state index in [1.165, 1.54) is 0 Å². The van der Waals surface area contributed by atoms with Crippen molar-refractivity contribution >= 4 is 0 Å². The summed E-state index contributed by atoms with van der Waals surface area (Å²) in [5, 5.41) is 24.5. The van der Waals surface area contributed by atoms with Gasteiger partial charge in [-0.2, -0.15) is 0 Å². The van der Waals surface area contributed by atoms with Crippen molar-refractivity contribution in [3.63, 3.8) is 0 Å². The Kier molecular flexibility index (Phi) is 33.6. The van der Waals surface area contributed by atoms with Gasteiger partial charge in [-0.15, -0.1) is 0 Å². The van der Waals surface area contributed by atoms with E-state index in [9.17, 15) is 0 Å². The maximum Gasteiger partial charge on any atom is 0.0701 e. The van der Waals surface area contributed by atoms with Crippen LogP contribution in [0.2, 0.25) is 0 Å². The van der Waals surface area contributed by atoms with E-state index >= 15 is 0 Å². The molecule has 0 aliphatic heterocycles. The molecule has 0 aromatic rings. The van der Waals surface area contributed by atoms with E-state index < -0.39 is 0 Å². The first-order chi connectivity index (χ1) is 12.0. The molecule has 0 amide bonds. The van der Waals surface area contributed by atoms with E-state index in [-0.39, 0.29) is 19.8 Å². The predicted molar refractivity (Wildman–Crippen MR) is 100.0 cm³/mol. The molecule has 7 nitrogen and oxygen atoms in total. The Morgan fingerprint density at radius 1 is 0.600 bits per heavy atom. The molecule has 0 saturated heterocycles. The molecule has 0 aliphatic rings. The third-order valence-electron chi connectivity index (χ3n) is 2.27. The molecule has 0 aliphatic carbocycles. The largest absolute Gasteiger partial charge is 0.394 e. The summed E-state index contributed by atoms with van der Waals surface area (Å²) in [6.07, 6.45) is 3.03. The van der Waals surface area contributed by atoms with Gasteiger partial charge >= 0.3 is 0 Å². The van der Waals surface area contributed by atoms with Gasteiger partial charge in [0, 0.05) is 6.61 Å². The smallest absolute Gasteiger partial charge is 0.0701 e. The van der Waals surface area contributed by atoms with Crippen LogP contribution in [0.25, 0.3) is 0 Å². The van der Waals surface area contributed by atoms with E-state index in [2.05, 4.69) is 11.7 Å². The van der Waals surface area contributed by atoms with Gasteiger partial charge in [0.25, 0.3) is 0 Å². The first-order valence-electron chi connectivity index (χ1n) is 9.17. The minimum atomic E-state index is 0.0278. The number of rotatable bonds is 14. The molecule has 7 heteroatoms.